The van der Waals surface area contributed by atoms with Gasteiger partial charge in [-0.1, -0.05) is 42.5 Å². The molecule has 0 N–H and O–H groups in total. The zero-order chi connectivity index (χ0) is 11.7. The Balaban J connectivity index is 1.80. The van der Waals surface area contributed by atoms with Crippen LogP contribution in [0.2, 0.25) is 0 Å². The van der Waals surface area contributed by atoms with Gasteiger partial charge in [-0.2, -0.15) is 0 Å². The minimum Gasteiger partial charge on any atom is -0.332 e. The van der Waals surface area contributed by atoms with E-state index in [-0.39, 0.29) is 0 Å². The van der Waals surface area contributed by atoms with Gasteiger partial charge in [0.25, 0.3) is 0 Å². The molecule has 0 radical (unpaired) electrons. The summed E-state index contributed by atoms with van der Waals surface area (Å²) in [6.45, 7) is 0.755. The van der Waals surface area contributed by atoms with Crippen molar-refractivity contribution in [3.05, 3.63) is 48.0 Å². The van der Waals surface area contributed by atoms with Gasteiger partial charge in [-0.25, -0.2) is 0 Å². The number of nitrogens with zero attached hydrogens (tertiary/aromatic N) is 1. The fraction of sp³-hybridized carbons (Fsp3) is 0.400. The molecule has 1 aromatic rings. The molecule has 2 atom stereocenters. The molecular formula is C15H17NO. The number of carbonyl (C=O) groups excluding carboxylic acids is 1. The highest BCUT2D eigenvalue weighted by Crippen LogP contribution is 2.34. The monoisotopic (exact) mass is 227 g/mol. The van der Waals surface area contributed by atoms with Gasteiger partial charge in [0.2, 0.25) is 5.91 Å². The SMILES string of the molecule is O=C1C[C@H]2CCC=C[C@H]2N1Cc1ccccc1. The minimum atomic E-state index is 0.315. The molecular weight excluding hydrogens is 210 g/mol. The average molecular weight is 227 g/mol. The van der Waals surface area contributed by atoms with Gasteiger partial charge >= 0.3 is 0 Å². The van der Waals surface area contributed by atoms with Crippen molar-refractivity contribution < 1.29 is 4.79 Å². The summed E-state index contributed by atoms with van der Waals surface area (Å²) in [5.74, 6) is 0.867. The van der Waals surface area contributed by atoms with E-state index in [0.717, 1.165) is 25.8 Å². The van der Waals surface area contributed by atoms with E-state index < -0.39 is 0 Å². The molecule has 0 unspecified atom stereocenters. The molecule has 1 heterocycles. The van der Waals surface area contributed by atoms with E-state index in [1.807, 2.05) is 23.1 Å². The lowest BCUT2D eigenvalue weighted by Crippen LogP contribution is -2.34. The highest BCUT2D eigenvalue weighted by Gasteiger charge is 2.38. The molecule has 1 aromatic carbocycles. The Morgan fingerprint density at radius 1 is 1.24 bits per heavy atom. The van der Waals surface area contributed by atoms with Gasteiger partial charge in [0.1, 0.15) is 0 Å². The number of rotatable bonds is 2. The quantitative estimate of drug-likeness (QED) is 0.711. The van der Waals surface area contributed by atoms with Gasteiger partial charge < -0.3 is 4.90 Å². The summed E-state index contributed by atoms with van der Waals surface area (Å²) in [4.78, 5) is 14.1. The van der Waals surface area contributed by atoms with Crippen molar-refractivity contribution >= 4 is 5.91 Å². The first kappa shape index (κ1) is 10.6. The predicted molar refractivity (Wildman–Crippen MR) is 67.3 cm³/mol. The summed E-state index contributed by atoms with van der Waals surface area (Å²) < 4.78 is 0. The van der Waals surface area contributed by atoms with E-state index in [9.17, 15) is 4.79 Å². The lowest BCUT2D eigenvalue weighted by molar-refractivity contribution is -0.129. The predicted octanol–water partition coefficient (Wildman–Crippen LogP) is 2.75. The lowest BCUT2D eigenvalue weighted by Gasteiger charge is -2.27. The number of carbonyl (C=O) groups is 1. The Morgan fingerprint density at radius 3 is 2.88 bits per heavy atom. The van der Waals surface area contributed by atoms with Gasteiger partial charge in [0, 0.05) is 13.0 Å². The number of amides is 1. The number of benzene rings is 1. The average Bonchev–Trinajstić information content (AvgIpc) is 2.68. The van der Waals surface area contributed by atoms with Gasteiger partial charge in [-0.15, -0.1) is 0 Å². The molecule has 0 bridgehead atoms. The van der Waals surface area contributed by atoms with Crippen molar-refractivity contribution in [1.82, 2.24) is 4.90 Å². The topological polar surface area (TPSA) is 20.3 Å². The minimum absolute atomic E-state index is 0.315. The van der Waals surface area contributed by atoms with E-state index in [0.29, 0.717) is 17.9 Å². The molecule has 88 valence electrons. The largest absolute Gasteiger partial charge is 0.332 e. The van der Waals surface area contributed by atoms with Crippen LogP contribution in [0.15, 0.2) is 42.5 Å². The van der Waals surface area contributed by atoms with Crippen molar-refractivity contribution in [2.24, 2.45) is 5.92 Å². The van der Waals surface area contributed by atoms with Crippen molar-refractivity contribution in [3.8, 4) is 0 Å². The molecule has 1 amide bonds. The third-order valence-corrected chi connectivity index (χ3v) is 3.83. The van der Waals surface area contributed by atoms with E-state index in [1.165, 1.54) is 5.56 Å². The molecule has 0 aromatic heterocycles. The summed E-state index contributed by atoms with van der Waals surface area (Å²) >= 11 is 0. The van der Waals surface area contributed by atoms with Crippen molar-refractivity contribution in [3.63, 3.8) is 0 Å². The van der Waals surface area contributed by atoms with Crippen molar-refractivity contribution in [2.45, 2.75) is 31.8 Å². The van der Waals surface area contributed by atoms with Crippen LogP contribution in [-0.4, -0.2) is 16.8 Å². The van der Waals surface area contributed by atoms with Gasteiger partial charge in [-0.3, -0.25) is 4.79 Å². The summed E-state index contributed by atoms with van der Waals surface area (Å²) in [5, 5.41) is 0. The maximum absolute atomic E-state index is 12.0. The second-order valence-corrected chi connectivity index (χ2v) is 4.97. The lowest BCUT2D eigenvalue weighted by atomic mass is 9.90. The third kappa shape index (κ3) is 1.99. The zero-order valence-corrected chi connectivity index (χ0v) is 9.88. The highest BCUT2D eigenvalue weighted by molar-refractivity contribution is 5.79. The number of fused-ring (bicyclic) bond motifs is 1. The molecule has 1 fully saturated rings. The van der Waals surface area contributed by atoms with Crippen LogP contribution in [-0.2, 0) is 11.3 Å². The molecule has 2 aliphatic rings. The van der Waals surface area contributed by atoms with Crippen LogP contribution in [0.25, 0.3) is 0 Å². The molecule has 0 spiro atoms. The van der Waals surface area contributed by atoms with Crippen LogP contribution in [0.3, 0.4) is 0 Å². The first-order chi connectivity index (χ1) is 8.34. The zero-order valence-electron chi connectivity index (χ0n) is 9.88. The van der Waals surface area contributed by atoms with Gasteiger partial charge in [0.05, 0.1) is 6.04 Å². The second-order valence-electron chi connectivity index (χ2n) is 4.97. The molecule has 2 nitrogen and oxygen atoms in total. The molecule has 2 heteroatoms. The molecule has 17 heavy (non-hydrogen) atoms. The fourth-order valence-electron chi connectivity index (χ4n) is 2.94. The third-order valence-electron chi connectivity index (χ3n) is 3.83. The molecule has 1 aliphatic carbocycles. The van der Waals surface area contributed by atoms with Gasteiger partial charge in [0.15, 0.2) is 0 Å². The normalized spacial score (nSPS) is 27.3. The standard InChI is InChI=1S/C15H17NO/c17-15-10-13-8-4-5-9-14(13)16(15)11-12-6-2-1-3-7-12/h1-3,5-7,9,13-14H,4,8,10-11H2/t13-,14-/m1/s1. The molecule has 0 saturated carbocycles. The summed E-state index contributed by atoms with van der Waals surface area (Å²) in [6, 6.07) is 10.6. The molecule has 3 rings (SSSR count). The van der Waals surface area contributed by atoms with E-state index in [2.05, 4.69) is 24.3 Å². The van der Waals surface area contributed by atoms with E-state index in [4.69, 9.17) is 0 Å². The summed E-state index contributed by atoms with van der Waals surface area (Å²) in [6.07, 6.45) is 7.48. The van der Waals surface area contributed by atoms with Crippen LogP contribution in [0.1, 0.15) is 24.8 Å². The smallest absolute Gasteiger partial charge is 0.223 e. The van der Waals surface area contributed by atoms with Crippen molar-refractivity contribution in [2.75, 3.05) is 0 Å². The number of likely N-dealkylation sites (tertiary alicyclic amines) is 1. The first-order valence-corrected chi connectivity index (χ1v) is 6.34. The Kier molecular flexibility index (Phi) is 2.71. The van der Waals surface area contributed by atoms with Crippen LogP contribution in [0.4, 0.5) is 0 Å². The number of hydrogen-bond donors (Lipinski definition) is 0. The van der Waals surface area contributed by atoms with E-state index >= 15 is 0 Å². The van der Waals surface area contributed by atoms with Crippen LogP contribution in [0.5, 0.6) is 0 Å². The Bertz CT molecular complexity index is 437. The first-order valence-electron chi connectivity index (χ1n) is 6.34. The fourth-order valence-corrected chi connectivity index (χ4v) is 2.94. The number of hydrogen-bond acceptors (Lipinski definition) is 1. The van der Waals surface area contributed by atoms with Gasteiger partial charge in [-0.05, 0) is 24.3 Å². The maximum atomic E-state index is 12.0. The second kappa shape index (κ2) is 4.36. The van der Waals surface area contributed by atoms with Crippen molar-refractivity contribution in [1.29, 1.82) is 0 Å². The van der Waals surface area contributed by atoms with Crippen LogP contribution >= 0.6 is 0 Å². The summed E-state index contributed by atoms with van der Waals surface area (Å²) in [5.41, 5.74) is 1.22. The van der Waals surface area contributed by atoms with Crippen LogP contribution < -0.4 is 0 Å². The number of allylic oxidation sites excluding steroid dienone is 1. The Hall–Kier alpha value is -1.57. The summed E-state index contributed by atoms with van der Waals surface area (Å²) in [7, 11) is 0. The van der Waals surface area contributed by atoms with Crippen LogP contribution in [0, 0.1) is 5.92 Å². The maximum Gasteiger partial charge on any atom is 0.223 e. The highest BCUT2D eigenvalue weighted by atomic mass is 16.2. The molecule has 1 saturated heterocycles. The Morgan fingerprint density at radius 2 is 2.06 bits per heavy atom. The Labute approximate surface area is 102 Å². The molecule has 1 aliphatic heterocycles. The van der Waals surface area contributed by atoms with E-state index in [1.54, 1.807) is 0 Å².